The lowest BCUT2D eigenvalue weighted by Crippen LogP contribution is -1.90. The number of thiazole rings is 1. The second-order valence-corrected chi connectivity index (χ2v) is 4.03. The molecule has 3 aromatic rings. The molecular weight excluding hydrogens is 211 g/mol. The number of nitrogens with zero attached hydrogens (tertiary/aromatic N) is 2. The van der Waals surface area contributed by atoms with Crippen LogP contribution in [0.3, 0.4) is 0 Å². The van der Waals surface area contributed by atoms with E-state index in [2.05, 4.69) is 4.98 Å². The molecule has 3 rings (SSSR count). The van der Waals surface area contributed by atoms with Gasteiger partial charge < -0.3 is 0 Å². The van der Waals surface area contributed by atoms with E-state index in [1.54, 1.807) is 0 Å². The van der Waals surface area contributed by atoms with Gasteiger partial charge in [0.1, 0.15) is 0 Å². The van der Waals surface area contributed by atoms with Gasteiger partial charge >= 0.3 is 0 Å². The van der Waals surface area contributed by atoms with Crippen LogP contribution in [0.4, 0.5) is 4.39 Å². The van der Waals surface area contributed by atoms with Crippen LogP contribution in [0.5, 0.6) is 0 Å². The van der Waals surface area contributed by atoms with Gasteiger partial charge in [-0.1, -0.05) is 18.2 Å². The largest absolute Gasteiger partial charge is 0.293 e. The molecular formula is C11H7FN2S. The molecule has 0 bridgehead atoms. The quantitative estimate of drug-likeness (QED) is 0.613. The van der Waals surface area contributed by atoms with Crippen molar-refractivity contribution in [2.45, 2.75) is 0 Å². The van der Waals surface area contributed by atoms with Gasteiger partial charge in [-0.3, -0.25) is 4.57 Å². The first-order chi connectivity index (χ1) is 7.34. The van der Waals surface area contributed by atoms with E-state index >= 15 is 0 Å². The normalized spacial score (nSPS) is 11.0. The zero-order chi connectivity index (χ0) is 10.3. The van der Waals surface area contributed by atoms with Crippen LogP contribution in [0.15, 0.2) is 41.9 Å². The van der Waals surface area contributed by atoms with Crippen molar-refractivity contribution >= 4 is 22.2 Å². The van der Waals surface area contributed by atoms with E-state index in [4.69, 9.17) is 0 Å². The summed E-state index contributed by atoms with van der Waals surface area (Å²) < 4.78 is 14.7. The molecule has 0 N–H and O–H groups in total. The number of halogens is 1. The standard InChI is InChI=1S/C11H7FN2S/c12-10-7-15-11(13-10)14-6-5-8-3-1-2-4-9(8)14/h1-7H. The summed E-state index contributed by atoms with van der Waals surface area (Å²) in [5, 5.41) is 3.20. The van der Waals surface area contributed by atoms with Crippen LogP contribution in [-0.2, 0) is 0 Å². The Kier molecular flexibility index (Phi) is 1.82. The van der Waals surface area contributed by atoms with Gasteiger partial charge in [0.2, 0.25) is 5.95 Å². The monoisotopic (exact) mass is 218 g/mol. The summed E-state index contributed by atoms with van der Waals surface area (Å²) in [6.45, 7) is 0. The van der Waals surface area contributed by atoms with Crippen molar-refractivity contribution < 1.29 is 4.39 Å². The van der Waals surface area contributed by atoms with Crippen molar-refractivity contribution in [2.75, 3.05) is 0 Å². The van der Waals surface area contributed by atoms with Crippen LogP contribution in [0.1, 0.15) is 0 Å². The maximum absolute atomic E-state index is 12.8. The third kappa shape index (κ3) is 1.34. The molecule has 2 nitrogen and oxygen atoms in total. The number of aromatic nitrogens is 2. The van der Waals surface area contributed by atoms with Gasteiger partial charge in [0.05, 0.1) is 5.52 Å². The number of benzene rings is 1. The number of hydrogen-bond acceptors (Lipinski definition) is 2. The summed E-state index contributed by atoms with van der Waals surface area (Å²) in [6, 6.07) is 9.96. The number of fused-ring (bicyclic) bond motifs is 1. The Bertz CT molecular complexity index is 612. The fraction of sp³-hybridized carbons (Fsp3) is 0. The first-order valence-electron chi connectivity index (χ1n) is 4.52. The lowest BCUT2D eigenvalue weighted by molar-refractivity contribution is 0.590. The molecule has 0 saturated heterocycles. The summed E-state index contributed by atoms with van der Waals surface area (Å²) in [7, 11) is 0. The van der Waals surface area contributed by atoms with Gasteiger partial charge in [-0.25, -0.2) is 0 Å². The second kappa shape index (κ2) is 3.17. The highest BCUT2D eigenvalue weighted by molar-refractivity contribution is 7.12. The van der Waals surface area contributed by atoms with Crippen LogP contribution in [0, 0.1) is 5.95 Å². The first-order valence-corrected chi connectivity index (χ1v) is 5.40. The lowest BCUT2D eigenvalue weighted by atomic mass is 10.2. The minimum Gasteiger partial charge on any atom is -0.293 e. The minimum absolute atomic E-state index is 0.423. The average Bonchev–Trinajstić information content (AvgIpc) is 2.83. The van der Waals surface area contributed by atoms with Crippen molar-refractivity contribution in [2.24, 2.45) is 0 Å². The Labute approximate surface area is 89.6 Å². The van der Waals surface area contributed by atoms with Crippen LogP contribution in [0.25, 0.3) is 16.0 Å². The lowest BCUT2D eigenvalue weighted by Gasteiger charge is -1.98. The maximum atomic E-state index is 12.8. The van der Waals surface area contributed by atoms with E-state index in [1.807, 2.05) is 41.1 Å². The summed E-state index contributed by atoms with van der Waals surface area (Å²) >= 11 is 1.30. The molecule has 0 aliphatic carbocycles. The smallest absolute Gasteiger partial charge is 0.225 e. The van der Waals surface area contributed by atoms with Gasteiger partial charge in [-0.05, 0) is 12.1 Å². The molecule has 2 heterocycles. The molecule has 0 saturated carbocycles. The van der Waals surface area contributed by atoms with Gasteiger partial charge in [-0.2, -0.15) is 9.37 Å². The molecule has 4 heteroatoms. The fourth-order valence-electron chi connectivity index (χ4n) is 1.61. The van der Waals surface area contributed by atoms with E-state index in [0.717, 1.165) is 10.9 Å². The molecule has 15 heavy (non-hydrogen) atoms. The van der Waals surface area contributed by atoms with Crippen molar-refractivity contribution in [3.63, 3.8) is 0 Å². The molecule has 0 aliphatic rings. The Balaban J connectivity index is 2.27. The third-order valence-corrected chi connectivity index (χ3v) is 3.08. The molecule has 0 spiro atoms. The van der Waals surface area contributed by atoms with Crippen molar-refractivity contribution in [3.8, 4) is 5.13 Å². The SMILES string of the molecule is Fc1csc(-n2ccc3ccccc32)n1. The Hall–Kier alpha value is -1.68. The van der Waals surface area contributed by atoms with E-state index in [9.17, 15) is 4.39 Å². The Morgan fingerprint density at radius 1 is 1.20 bits per heavy atom. The molecule has 74 valence electrons. The van der Waals surface area contributed by atoms with Gasteiger partial charge in [0.15, 0.2) is 5.13 Å². The highest BCUT2D eigenvalue weighted by Gasteiger charge is 2.06. The van der Waals surface area contributed by atoms with Crippen LogP contribution in [-0.4, -0.2) is 9.55 Å². The fourth-order valence-corrected chi connectivity index (χ4v) is 2.27. The second-order valence-electron chi connectivity index (χ2n) is 3.20. The molecule has 1 aromatic carbocycles. The van der Waals surface area contributed by atoms with Gasteiger partial charge in [0.25, 0.3) is 0 Å². The number of para-hydroxylation sites is 1. The van der Waals surface area contributed by atoms with E-state index < -0.39 is 5.95 Å². The zero-order valence-electron chi connectivity index (χ0n) is 7.72. The molecule has 0 amide bonds. The van der Waals surface area contributed by atoms with Crippen LogP contribution in [0.2, 0.25) is 0 Å². The maximum Gasteiger partial charge on any atom is 0.225 e. The zero-order valence-corrected chi connectivity index (χ0v) is 8.54. The summed E-state index contributed by atoms with van der Waals surface area (Å²) in [6.07, 6.45) is 1.91. The minimum atomic E-state index is -0.423. The topological polar surface area (TPSA) is 17.8 Å². The number of hydrogen-bond donors (Lipinski definition) is 0. The molecule has 0 unspecified atom stereocenters. The van der Waals surface area contributed by atoms with E-state index in [-0.39, 0.29) is 0 Å². The van der Waals surface area contributed by atoms with Crippen LogP contribution < -0.4 is 0 Å². The highest BCUT2D eigenvalue weighted by Crippen LogP contribution is 2.22. The first kappa shape index (κ1) is 8.61. The molecule has 0 aliphatic heterocycles. The van der Waals surface area contributed by atoms with Crippen molar-refractivity contribution in [1.29, 1.82) is 0 Å². The van der Waals surface area contributed by atoms with E-state index in [1.165, 1.54) is 16.7 Å². The molecule has 0 atom stereocenters. The average molecular weight is 218 g/mol. The molecule has 2 aromatic heterocycles. The summed E-state index contributed by atoms with van der Waals surface area (Å²) in [4.78, 5) is 3.82. The van der Waals surface area contributed by atoms with Gasteiger partial charge in [-0.15, -0.1) is 11.3 Å². The predicted octanol–water partition coefficient (Wildman–Crippen LogP) is 3.23. The summed E-state index contributed by atoms with van der Waals surface area (Å²) in [5.41, 5.74) is 1.05. The predicted molar refractivity (Wildman–Crippen MR) is 58.9 cm³/mol. The van der Waals surface area contributed by atoms with Gasteiger partial charge in [0, 0.05) is 17.0 Å². The van der Waals surface area contributed by atoms with Crippen LogP contribution >= 0.6 is 11.3 Å². The Morgan fingerprint density at radius 3 is 2.87 bits per heavy atom. The highest BCUT2D eigenvalue weighted by atomic mass is 32.1. The summed E-state index contributed by atoms with van der Waals surface area (Å²) in [5.74, 6) is -0.423. The van der Waals surface area contributed by atoms with Crippen molar-refractivity contribution in [3.05, 3.63) is 47.9 Å². The third-order valence-electron chi connectivity index (χ3n) is 2.27. The van der Waals surface area contributed by atoms with Crippen molar-refractivity contribution in [1.82, 2.24) is 9.55 Å². The molecule has 0 radical (unpaired) electrons. The molecule has 0 fully saturated rings. The Morgan fingerprint density at radius 2 is 2.07 bits per heavy atom. The number of rotatable bonds is 1. The van der Waals surface area contributed by atoms with E-state index in [0.29, 0.717) is 5.13 Å².